The molecule has 5 nitrogen and oxygen atoms in total. The maximum absolute atomic E-state index is 12.1. The largest absolute Gasteiger partial charge is 0.396 e. The van der Waals surface area contributed by atoms with E-state index in [-0.39, 0.29) is 36.4 Å². The van der Waals surface area contributed by atoms with E-state index in [1.807, 2.05) is 32.9 Å². The number of hydrogen-bond donors (Lipinski definition) is 3. The standard InChI is InChI=1S/C18H26N2O3/c1-12-6-7-14(9-13(12)2)17(23)19-10-16(22)20-15-5-4-8-18(15,3)11-21/h6-7,9,15,21H,4-5,8,10-11H2,1-3H3,(H,19,23)(H,20,22). The van der Waals surface area contributed by atoms with Crippen LogP contribution >= 0.6 is 0 Å². The highest BCUT2D eigenvalue weighted by Crippen LogP contribution is 2.37. The van der Waals surface area contributed by atoms with E-state index in [9.17, 15) is 14.7 Å². The molecule has 0 bridgehead atoms. The lowest BCUT2D eigenvalue weighted by molar-refractivity contribution is -0.121. The van der Waals surface area contributed by atoms with Crippen molar-refractivity contribution in [3.05, 3.63) is 34.9 Å². The lowest BCUT2D eigenvalue weighted by atomic mass is 9.86. The number of rotatable bonds is 5. The highest BCUT2D eigenvalue weighted by molar-refractivity contribution is 5.96. The number of carbonyl (C=O) groups is 2. The van der Waals surface area contributed by atoms with Crippen LogP contribution in [-0.2, 0) is 4.79 Å². The molecule has 1 aromatic carbocycles. The van der Waals surface area contributed by atoms with Crippen LogP contribution in [0.3, 0.4) is 0 Å². The summed E-state index contributed by atoms with van der Waals surface area (Å²) < 4.78 is 0. The predicted octanol–water partition coefficient (Wildman–Crippen LogP) is 1.70. The molecule has 0 aromatic heterocycles. The summed E-state index contributed by atoms with van der Waals surface area (Å²) in [4.78, 5) is 24.2. The van der Waals surface area contributed by atoms with Crippen molar-refractivity contribution in [3.8, 4) is 0 Å². The molecule has 0 spiro atoms. The Morgan fingerprint density at radius 3 is 2.70 bits per heavy atom. The van der Waals surface area contributed by atoms with Crippen LogP contribution in [0.4, 0.5) is 0 Å². The second kappa shape index (κ2) is 7.13. The van der Waals surface area contributed by atoms with E-state index in [1.165, 1.54) is 0 Å². The third kappa shape index (κ3) is 4.10. The molecule has 1 aliphatic carbocycles. The Morgan fingerprint density at radius 2 is 2.04 bits per heavy atom. The number of aliphatic hydroxyl groups is 1. The quantitative estimate of drug-likeness (QED) is 0.773. The lowest BCUT2D eigenvalue weighted by Crippen LogP contribution is -2.48. The fraction of sp³-hybridized carbons (Fsp3) is 0.556. The Balaban J connectivity index is 1.86. The Bertz CT molecular complexity index is 600. The minimum atomic E-state index is -0.256. The SMILES string of the molecule is Cc1ccc(C(=O)NCC(=O)NC2CCCC2(C)CO)cc1C. The minimum absolute atomic E-state index is 0.0291. The molecule has 1 aromatic rings. The maximum atomic E-state index is 12.1. The summed E-state index contributed by atoms with van der Waals surface area (Å²) in [5.74, 6) is -0.464. The van der Waals surface area contributed by atoms with Crippen LogP contribution in [0.25, 0.3) is 0 Å². The average molecular weight is 318 g/mol. The van der Waals surface area contributed by atoms with Gasteiger partial charge in [-0.25, -0.2) is 0 Å². The zero-order valence-corrected chi connectivity index (χ0v) is 14.1. The molecule has 1 aliphatic rings. The molecule has 2 amide bonds. The fourth-order valence-electron chi connectivity index (χ4n) is 3.06. The number of aryl methyl sites for hydroxylation is 2. The molecule has 5 heteroatoms. The van der Waals surface area contributed by atoms with Gasteiger partial charge in [-0.2, -0.15) is 0 Å². The number of hydrogen-bond acceptors (Lipinski definition) is 3. The summed E-state index contributed by atoms with van der Waals surface area (Å²) >= 11 is 0. The Hall–Kier alpha value is -1.88. The number of benzene rings is 1. The van der Waals surface area contributed by atoms with E-state index in [2.05, 4.69) is 10.6 Å². The van der Waals surface area contributed by atoms with Crippen molar-refractivity contribution in [2.45, 2.75) is 46.1 Å². The number of amides is 2. The highest BCUT2D eigenvalue weighted by Gasteiger charge is 2.38. The molecule has 3 N–H and O–H groups in total. The molecular weight excluding hydrogens is 292 g/mol. The summed E-state index contributed by atoms with van der Waals surface area (Å²) in [5, 5.41) is 15.1. The van der Waals surface area contributed by atoms with E-state index in [4.69, 9.17) is 0 Å². The third-order valence-corrected chi connectivity index (χ3v) is 4.96. The van der Waals surface area contributed by atoms with Crippen molar-refractivity contribution in [3.63, 3.8) is 0 Å². The molecule has 2 unspecified atom stereocenters. The van der Waals surface area contributed by atoms with Crippen LogP contribution in [0.2, 0.25) is 0 Å². The summed E-state index contributed by atoms with van der Waals surface area (Å²) in [6.45, 7) is 5.94. The molecule has 0 heterocycles. The smallest absolute Gasteiger partial charge is 0.251 e. The second-order valence-electron chi connectivity index (χ2n) is 6.81. The first-order valence-electron chi connectivity index (χ1n) is 8.11. The average Bonchev–Trinajstić information content (AvgIpc) is 2.89. The normalized spacial score (nSPS) is 23.6. The van der Waals surface area contributed by atoms with Gasteiger partial charge in [0.05, 0.1) is 13.2 Å². The van der Waals surface area contributed by atoms with Gasteiger partial charge in [0.2, 0.25) is 5.91 Å². The van der Waals surface area contributed by atoms with Gasteiger partial charge in [-0.05, 0) is 49.9 Å². The maximum Gasteiger partial charge on any atom is 0.251 e. The summed E-state index contributed by atoms with van der Waals surface area (Å²) in [5.41, 5.74) is 2.48. The number of carbonyl (C=O) groups excluding carboxylic acids is 2. The lowest BCUT2D eigenvalue weighted by Gasteiger charge is -2.30. The van der Waals surface area contributed by atoms with E-state index >= 15 is 0 Å². The van der Waals surface area contributed by atoms with Crippen LogP contribution in [-0.4, -0.2) is 36.1 Å². The summed E-state index contributed by atoms with van der Waals surface area (Å²) in [6.07, 6.45) is 2.77. The van der Waals surface area contributed by atoms with Crippen LogP contribution < -0.4 is 10.6 Å². The van der Waals surface area contributed by atoms with Crippen molar-refractivity contribution in [1.29, 1.82) is 0 Å². The van der Waals surface area contributed by atoms with Crippen LogP contribution in [0.5, 0.6) is 0 Å². The molecule has 0 radical (unpaired) electrons. The first-order valence-corrected chi connectivity index (χ1v) is 8.11. The fourth-order valence-corrected chi connectivity index (χ4v) is 3.06. The van der Waals surface area contributed by atoms with Crippen molar-refractivity contribution >= 4 is 11.8 Å². The zero-order valence-electron chi connectivity index (χ0n) is 14.1. The monoisotopic (exact) mass is 318 g/mol. The van der Waals surface area contributed by atoms with Gasteiger partial charge < -0.3 is 15.7 Å². The molecule has 2 rings (SSSR count). The van der Waals surface area contributed by atoms with Crippen molar-refractivity contribution in [2.75, 3.05) is 13.2 Å². The van der Waals surface area contributed by atoms with Gasteiger partial charge in [0.25, 0.3) is 5.91 Å². The zero-order chi connectivity index (χ0) is 17.0. The number of nitrogens with one attached hydrogen (secondary N) is 2. The molecule has 0 saturated heterocycles. The molecular formula is C18H26N2O3. The van der Waals surface area contributed by atoms with Gasteiger partial charge in [0.15, 0.2) is 0 Å². The first-order chi connectivity index (χ1) is 10.9. The van der Waals surface area contributed by atoms with Crippen LogP contribution in [0.15, 0.2) is 18.2 Å². The van der Waals surface area contributed by atoms with Gasteiger partial charge in [-0.15, -0.1) is 0 Å². The molecule has 0 aliphatic heterocycles. The number of aliphatic hydroxyl groups excluding tert-OH is 1. The Labute approximate surface area is 137 Å². The van der Waals surface area contributed by atoms with Crippen molar-refractivity contribution < 1.29 is 14.7 Å². The molecule has 126 valence electrons. The van der Waals surface area contributed by atoms with Gasteiger partial charge in [0.1, 0.15) is 0 Å². The van der Waals surface area contributed by atoms with Gasteiger partial charge in [-0.3, -0.25) is 9.59 Å². The molecule has 1 fully saturated rings. The van der Waals surface area contributed by atoms with Gasteiger partial charge >= 0.3 is 0 Å². The topological polar surface area (TPSA) is 78.4 Å². The summed E-state index contributed by atoms with van der Waals surface area (Å²) in [6, 6.07) is 5.45. The van der Waals surface area contributed by atoms with E-state index in [0.717, 1.165) is 30.4 Å². The van der Waals surface area contributed by atoms with E-state index in [0.29, 0.717) is 5.56 Å². The Morgan fingerprint density at radius 1 is 1.30 bits per heavy atom. The van der Waals surface area contributed by atoms with E-state index in [1.54, 1.807) is 6.07 Å². The van der Waals surface area contributed by atoms with Crippen molar-refractivity contribution in [1.82, 2.24) is 10.6 Å². The molecule has 2 atom stereocenters. The minimum Gasteiger partial charge on any atom is -0.396 e. The van der Waals surface area contributed by atoms with Gasteiger partial charge in [-0.1, -0.05) is 19.4 Å². The first kappa shape index (κ1) is 17.5. The van der Waals surface area contributed by atoms with E-state index < -0.39 is 0 Å². The Kier molecular flexibility index (Phi) is 5.42. The second-order valence-corrected chi connectivity index (χ2v) is 6.81. The summed E-state index contributed by atoms with van der Waals surface area (Å²) in [7, 11) is 0. The highest BCUT2D eigenvalue weighted by atomic mass is 16.3. The van der Waals surface area contributed by atoms with Crippen molar-refractivity contribution in [2.24, 2.45) is 5.41 Å². The van der Waals surface area contributed by atoms with Gasteiger partial charge in [0, 0.05) is 17.0 Å². The van der Waals surface area contributed by atoms with Crippen LogP contribution in [0, 0.1) is 19.3 Å². The molecule has 1 saturated carbocycles. The molecule has 23 heavy (non-hydrogen) atoms. The third-order valence-electron chi connectivity index (χ3n) is 4.96. The van der Waals surface area contributed by atoms with Crippen LogP contribution in [0.1, 0.15) is 47.7 Å². The predicted molar refractivity (Wildman–Crippen MR) is 89.2 cm³/mol.